The van der Waals surface area contributed by atoms with Crippen molar-refractivity contribution in [1.82, 2.24) is 15.1 Å². The van der Waals surface area contributed by atoms with Gasteiger partial charge in [-0.3, -0.25) is 4.79 Å². The highest BCUT2D eigenvalue weighted by molar-refractivity contribution is 5.92. The number of carbonyl (C=O) groups excluding carboxylic acids is 1. The number of benzene rings is 2. The lowest BCUT2D eigenvalue weighted by Gasteiger charge is -2.08. The summed E-state index contributed by atoms with van der Waals surface area (Å²) in [6, 6.07) is 16.9. The zero-order chi connectivity index (χ0) is 18.5. The first kappa shape index (κ1) is 17.5. The third-order valence-corrected chi connectivity index (χ3v) is 4.07. The number of aryl methyl sites for hydroxylation is 1. The first-order valence-corrected chi connectivity index (χ1v) is 8.23. The van der Waals surface area contributed by atoms with Gasteiger partial charge in [0.05, 0.1) is 19.9 Å². The van der Waals surface area contributed by atoms with Crippen LogP contribution in [0.15, 0.2) is 54.6 Å². The summed E-state index contributed by atoms with van der Waals surface area (Å²) in [5.74, 6) is 1.28. The number of nitrogens with zero attached hydrogens (tertiary/aromatic N) is 2. The van der Waals surface area contributed by atoms with Gasteiger partial charge < -0.3 is 14.8 Å². The number of rotatable bonds is 6. The molecular weight excluding hydrogens is 330 g/mol. The van der Waals surface area contributed by atoms with Crippen LogP contribution in [0.2, 0.25) is 0 Å². The largest absolute Gasteiger partial charge is 0.497 e. The molecule has 1 N–H and O–H groups in total. The van der Waals surface area contributed by atoms with E-state index in [9.17, 15) is 4.79 Å². The Bertz CT molecular complexity index is 901. The number of hydrogen-bond donors (Lipinski definition) is 1. The van der Waals surface area contributed by atoms with Crippen LogP contribution in [0.1, 0.15) is 21.7 Å². The van der Waals surface area contributed by atoms with Crippen LogP contribution in [0.25, 0.3) is 5.69 Å². The van der Waals surface area contributed by atoms with Crippen molar-refractivity contribution < 1.29 is 14.3 Å². The van der Waals surface area contributed by atoms with Crippen molar-refractivity contribution in [3.8, 4) is 17.2 Å². The summed E-state index contributed by atoms with van der Waals surface area (Å²) < 4.78 is 12.2. The third kappa shape index (κ3) is 3.69. The van der Waals surface area contributed by atoms with Gasteiger partial charge in [0.15, 0.2) is 5.69 Å². The Labute approximate surface area is 152 Å². The van der Waals surface area contributed by atoms with Crippen LogP contribution in [0.3, 0.4) is 0 Å². The van der Waals surface area contributed by atoms with Crippen LogP contribution in [-0.4, -0.2) is 29.9 Å². The zero-order valence-electron chi connectivity index (χ0n) is 15.0. The molecule has 0 bridgehead atoms. The van der Waals surface area contributed by atoms with Crippen molar-refractivity contribution in [1.29, 1.82) is 0 Å². The average molecular weight is 351 g/mol. The molecule has 26 heavy (non-hydrogen) atoms. The Kier molecular flexibility index (Phi) is 5.22. The molecule has 0 fully saturated rings. The molecule has 0 spiro atoms. The fourth-order valence-electron chi connectivity index (χ4n) is 2.69. The molecule has 0 aliphatic carbocycles. The molecule has 0 radical (unpaired) electrons. The molecule has 0 unspecified atom stereocenters. The fraction of sp³-hybridized carbons (Fsp3) is 0.200. The lowest BCUT2D eigenvalue weighted by Crippen LogP contribution is -2.23. The number of ether oxygens (including phenoxy) is 2. The lowest BCUT2D eigenvalue weighted by molar-refractivity contribution is 0.0945. The molecule has 2 aromatic carbocycles. The number of methoxy groups -OCH3 is 2. The van der Waals surface area contributed by atoms with Crippen molar-refractivity contribution in [3.63, 3.8) is 0 Å². The van der Waals surface area contributed by atoms with Crippen LogP contribution >= 0.6 is 0 Å². The summed E-state index contributed by atoms with van der Waals surface area (Å²) >= 11 is 0. The maximum atomic E-state index is 12.5. The second-order valence-electron chi connectivity index (χ2n) is 5.78. The van der Waals surface area contributed by atoms with Gasteiger partial charge in [-0.1, -0.05) is 18.2 Å². The predicted octanol–water partition coefficient (Wildman–Crippen LogP) is 3.13. The molecule has 0 aliphatic heterocycles. The molecule has 0 saturated carbocycles. The van der Waals surface area contributed by atoms with Crippen molar-refractivity contribution >= 4 is 5.91 Å². The minimum absolute atomic E-state index is 0.230. The van der Waals surface area contributed by atoms with E-state index in [4.69, 9.17) is 9.47 Å². The molecule has 3 aromatic rings. The minimum atomic E-state index is -0.230. The zero-order valence-corrected chi connectivity index (χ0v) is 15.0. The number of para-hydroxylation sites is 1. The second kappa shape index (κ2) is 7.74. The van der Waals surface area contributed by atoms with Gasteiger partial charge >= 0.3 is 0 Å². The third-order valence-electron chi connectivity index (χ3n) is 4.07. The van der Waals surface area contributed by atoms with Gasteiger partial charge in [0, 0.05) is 17.8 Å². The summed E-state index contributed by atoms with van der Waals surface area (Å²) in [6.45, 7) is 2.28. The van der Waals surface area contributed by atoms with E-state index in [-0.39, 0.29) is 5.91 Å². The predicted molar refractivity (Wildman–Crippen MR) is 99.0 cm³/mol. The summed E-state index contributed by atoms with van der Waals surface area (Å²) in [5, 5.41) is 7.31. The summed E-state index contributed by atoms with van der Waals surface area (Å²) in [7, 11) is 3.23. The van der Waals surface area contributed by atoms with Gasteiger partial charge in [-0.05, 0) is 43.3 Å². The number of aromatic nitrogens is 2. The SMILES string of the molecule is COc1ccc(-n2nc(C(=O)NCc3ccccc3OC)cc2C)cc1. The van der Waals surface area contributed by atoms with Crippen molar-refractivity contribution in [2.45, 2.75) is 13.5 Å². The van der Waals surface area contributed by atoms with E-state index in [0.29, 0.717) is 12.2 Å². The Morgan fingerprint density at radius 1 is 1.08 bits per heavy atom. The topological polar surface area (TPSA) is 65.4 Å². The summed E-state index contributed by atoms with van der Waals surface area (Å²) in [4.78, 5) is 12.5. The number of nitrogens with one attached hydrogen (secondary N) is 1. The van der Waals surface area contributed by atoms with Crippen LogP contribution in [0.5, 0.6) is 11.5 Å². The van der Waals surface area contributed by atoms with Gasteiger partial charge in [0.25, 0.3) is 5.91 Å². The maximum Gasteiger partial charge on any atom is 0.272 e. The Morgan fingerprint density at radius 2 is 1.81 bits per heavy atom. The summed E-state index contributed by atoms with van der Waals surface area (Å²) in [5.41, 5.74) is 3.02. The monoisotopic (exact) mass is 351 g/mol. The Hall–Kier alpha value is -3.28. The molecule has 3 rings (SSSR count). The van der Waals surface area contributed by atoms with Gasteiger partial charge in [0.1, 0.15) is 11.5 Å². The molecule has 0 atom stereocenters. The van der Waals surface area contributed by atoms with Gasteiger partial charge in [-0.25, -0.2) is 4.68 Å². The van der Waals surface area contributed by atoms with Crippen molar-refractivity contribution in [2.75, 3.05) is 14.2 Å². The van der Waals surface area contributed by atoms with E-state index in [0.717, 1.165) is 28.4 Å². The van der Waals surface area contributed by atoms with Gasteiger partial charge in [0.2, 0.25) is 0 Å². The molecule has 0 aliphatic rings. The fourth-order valence-corrected chi connectivity index (χ4v) is 2.69. The lowest BCUT2D eigenvalue weighted by atomic mass is 10.2. The molecule has 6 heteroatoms. The molecule has 6 nitrogen and oxygen atoms in total. The van der Waals surface area contributed by atoms with Crippen LogP contribution < -0.4 is 14.8 Å². The van der Waals surface area contributed by atoms with Crippen LogP contribution in [0.4, 0.5) is 0 Å². The van der Waals surface area contributed by atoms with Gasteiger partial charge in [-0.2, -0.15) is 5.10 Å². The Morgan fingerprint density at radius 3 is 2.50 bits per heavy atom. The van der Waals surface area contributed by atoms with Crippen LogP contribution in [-0.2, 0) is 6.54 Å². The van der Waals surface area contributed by atoms with E-state index in [1.807, 2.05) is 55.5 Å². The van der Waals surface area contributed by atoms with E-state index in [2.05, 4.69) is 10.4 Å². The summed E-state index contributed by atoms with van der Waals surface area (Å²) in [6.07, 6.45) is 0. The van der Waals surface area contributed by atoms with E-state index in [1.165, 1.54) is 0 Å². The molecule has 1 heterocycles. The molecule has 1 amide bonds. The quantitative estimate of drug-likeness (QED) is 0.741. The van der Waals surface area contributed by atoms with Crippen LogP contribution in [0, 0.1) is 6.92 Å². The number of hydrogen-bond acceptors (Lipinski definition) is 4. The van der Waals surface area contributed by atoms with E-state index < -0.39 is 0 Å². The van der Waals surface area contributed by atoms with Gasteiger partial charge in [-0.15, -0.1) is 0 Å². The standard InChI is InChI=1S/C20H21N3O3/c1-14-12-18(22-23(14)16-8-10-17(25-2)11-9-16)20(24)21-13-15-6-4-5-7-19(15)26-3/h4-12H,13H2,1-3H3,(H,21,24). The average Bonchev–Trinajstić information content (AvgIpc) is 3.08. The van der Waals surface area contributed by atoms with Crippen molar-refractivity contribution in [2.24, 2.45) is 0 Å². The van der Waals surface area contributed by atoms with Crippen molar-refractivity contribution in [3.05, 3.63) is 71.5 Å². The normalized spacial score (nSPS) is 10.4. The minimum Gasteiger partial charge on any atom is -0.497 e. The van der Waals surface area contributed by atoms with E-state index >= 15 is 0 Å². The molecule has 0 saturated heterocycles. The highest BCUT2D eigenvalue weighted by atomic mass is 16.5. The van der Waals surface area contributed by atoms with E-state index in [1.54, 1.807) is 25.0 Å². The highest BCUT2D eigenvalue weighted by Crippen LogP contribution is 2.18. The smallest absolute Gasteiger partial charge is 0.272 e. The molecular formula is C20H21N3O3. The molecule has 134 valence electrons. The first-order valence-electron chi connectivity index (χ1n) is 8.23. The molecule has 1 aromatic heterocycles. The Balaban J connectivity index is 1.74. The maximum absolute atomic E-state index is 12.5. The highest BCUT2D eigenvalue weighted by Gasteiger charge is 2.14. The number of carbonyl (C=O) groups is 1. The number of amides is 1. The second-order valence-corrected chi connectivity index (χ2v) is 5.78. The first-order chi connectivity index (χ1) is 12.6.